The molecule has 334 valence electrons. The fraction of sp³-hybridized carbons (Fsp3) is 0.833. The Balaban J connectivity index is 3.79. The number of hydrogen-bond acceptors (Lipinski definition) is 6. The summed E-state index contributed by atoms with van der Waals surface area (Å²) in [4.78, 5) is 43.0. The first-order valence-electron chi connectivity index (χ1n) is 23.8. The lowest BCUT2D eigenvalue weighted by Gasteiger charge is -2.18. The molecular weight excluding hydrogens is 735 g/mol. The highest BCUT2D eigenvalue weighted by atomic mass is 31.2. The highest BCUT2D eigenvalue weighted by Gasteiger charge is 2.23. The Morgan fingerprint density at radius 3 is 1.26 bits per heavy atom. The van der Waals surface area contributed by atoms with Crippen molar-refractivity contribution >= 4 is 19.8 Å². The highest BCUT2D eigenvalue weighted by Crippen LogP contribution is 2.36. The molecule has 0 saturated carbocycles. The molecule has 2 N–H and O–H groups in total. The fourth-order valence-corrected chi connectivity index (χ4v) is 7.28. The van der Waals surface area contributed by atoms with E-state index in [0.717, 1.165) is 70.6 Å². The van der Waals surface area contributed by atoms with Gasteiger partial charge in [-0.25, -0.2) is 4.57 Å². The molecule has 0 radical (unpaired) electrons. The molecule has 0 bridgehead atoms. The zero-order chi connectivity index (χ0) is 41.8. The van der Waals surface area contributed by atoms with E-state index in [2.05, 4.69) is 54.8 Å². The second kappa shape index (κ2) is 43.8. The van der Waals surface area contributed by atoms with Crippen molar-refractivity contribution in [3.05, 3.63) is 36.5 Å². The van der Waals surface area contributed by atoms with Crippen molar-refractivity contribution in [1.82, 2.24) is 0 Å². The van der Waals surface area contributed by atoms with Gasteiger partial charge in [0.15, 0.2) is 6.10 Å². The predicted octanol–water partition coefficient (Wildman–Crippen LogP) is 14.9. The Labute approximate surface area is 351 Å². The van der Waals surface area contributed by atoms with Crippen molar-refractivity contribution < 1.29 is 37.9 Å². The zero-order valence-corrected chi connectivity index (χ0v) is 37.9. The summed E-state index contributed by atoms with van der Waals surface area (Å²) in [6.45, 7) is 3.59. The maximum atomic E-state index is 12.4. The quantitative estimate of drug-likeness (QED) is 0.0270. The van der Waals surface area contributed by atoms with E-state index >= 15 is 0 Å². The molecule has 8 nitrogen and oxygen atoms in total. The summed E-state index contributed by atoms with van der Waals surface area (Å²) in [6.07, 6.45) is 53.1. The van der Waals surface area contributed by atoms with E-state index in [1.807, 2.05) is 0 Å². The van der Waals surface area contributed by atoms with Crippen LogP contribution in [0, 0.1) is 0 Å². The highest BCUT2D eigenvalue weighted by molar-refractivity contribution is 7.46. The van der Waals surface area contributed by atoms with Crippen LogP contribution in [0.1, 0.15) is 239 Å². The van der Waals surface area contributed by atoms with Gasteiger partial charge >= 0.3 is 19.8 Å². The van der Waals surface area contributed by atoms with Crippen LogP contribution in [0.2, 0.25) is 0 Å². The molecule has 57 heavy (non-hydrogen) atoms. The van der Waals surface area contributed by atoms with E-state index in [4.69, 9.17) is 19.3 Å². The predicted molar refractivity (Wildman–Crippen MR) is 239 cm³/mol. The van der Waals surface area contributed by atoms with Gasteiger partial charge in [-0.15, -0.1) is 0 Å². The van der Waals surface area contributed by atoms with Gasteiger partial charge in [0.2, 0.25) is 0 Å². The van der Waals surface area contributed by atoms with Crippen molar-refractivity contribution in [3.63, 3.8) is 0 Å². The van der Waals surface area contributed by atoms with Crippen LogP contribution < -0.4 is 0 Å². The molecule has 0 rings (SSSR count). The first-order valence-corrected chi connectivity index (χ1v) is 25.3. The molecule has 0 amide bonds. The lowest BCUT2D eigenvalue weighted by atomic mass is 10.0. The summed E-state index contributed by atoms with van der Waals surface area (Å²) in [5.41, 5.74) is 0. The SMILES string of the molecule is CC/C=C\C/C=C\C/C=C\CCCCCCCC(=O)OC(COC(=O)CCCCCCCCCCCCCCCCCCCCCCCCCC)COP(=O)(O)O. The maximum Gasteiger partial charge on any atom is 0.469 e. The minimum absolute atomic E-state index is 0.194. The zero-order valence-electron chi connectivity index (χ0n) is 37.0. The monoisotopic (exact) mass is 825 g/mol. The summed E-state index contributed by atoms with van der Waals surface area (Å²) >= 11 is 0. The summed E-state index contributed by atoms with van der Waals surface area (Å²) < 4.78 is 26.4. The van der Waals surface area contributed by atoms with Gasteiger partial charge in [0, 0.05) is 12.8 Å². The summed E-state index contributed by atoms with van der Waals surface area (Å²) in [5.74, 6) is -0.895. The van der Waals surface area contributed by atoms with E-state index in [9.17, 15) is 14.2 Å². The van der Waals surface area contributed by atoms with Crippen LogP contribution in [0.15, 0.2) is 36.5 Å². The molecule has 0 heterocycles. The number of phosphoric ester groups is 1. The van der Waals surface area contributed by atoms with Crippen LogP contribution >= 0.6 is 7.82 Å². The molecule has 1 unspecified atom stereocenters. The van der Waals surface area contributed by atoms with Gasteiger partial charge in [0.05, 0.1) is 6.61 Å². The first kappa shape index (κ1) is 55.3. The molecule has 0 fully saturated rings. The van der Waals surface area contributed by atoms with Gasteiger partial charge in [0.1, 0.15) is 6.61 Å². The third kappa shape index (κ3) is 46.8. The molecule has 9 heteroatoms. The molecular formula is C48H89O8P. The molecule has 0 aromatic heterocycles. The van der Waals surface area contributed by atoms with E-state index in [-0.39, 0.29) is 19.4 Å². The molecule has 0 aliphatic rings. The van der Waals surface area contributed by atoms with Crippen LogP contribution in [0.25, 0.3) is 0 Å². The number of carbonyl (C=O) groups is 2. The summed E-state index contributed by atoms with van der Waals surface area (Å²) in [5, 5.41) is 0. The second-order valence-electron chi connectivity index (χ2n) is 16.1. The Kier molecular flexibility index (Phi) is 42.5. The Bertz CT molecular complexity index is 1020. The van der Waals surface area contributed by atoms with Crippen LogP contribution in [0.5, 0.6) is 0 Å². The molecule has 1 atom stereocenters. The topological polar surface area (TPSA) is 119 Å². The standard InChI is InChI=1S/C48H89O8P/c1-3-5-7-9-11-13-15-17-19-20-21-22-23-24-25-26-27-29-30-32-34-36-38-40-42-47(49)54-44-46(45-55-57(51,52)53)56-48(50)43-41-39-37-35-33-31-28-18-16-14-12-10-8-6-4-2/h6,8,12,14,18,28,46H,3-5,7,9-11,13,15-17,19-27,29-45H2,1-2H3,(H2,51,52,53)/b8-6-,14-12-,28-18-. The van der Waals surface area contributed by atoms with E-state index in [0.29, 0.717) is 6.42 Å². The average molecular weight is 825 g/mol. The molecule has 0 saturated heterocycles. The minimum Gasteiger partial charge on any atom is -0.462 e. The molecule has 0 aliphatic heterocycles. The molecule has 0 aliphatic carbocycles. The smallest absolute Gasteiger partial charge is 0.462 e. The van der Waals surface area contributed by atoms with Crippen LogP contribution in [0.3, 0.4) is 0 Å². The number of carbonyl (C=O) groups excluding carboxylic acids is 2. The van der Waals surface area contributed by atoms with Crippen LogP contribution in [-0.2, 0) is 28.2 Å². The van der Waals surface area contributed by atoms with Gasteiger partial charge in [-0.2, -0.15) is 0 Å². The van der Waals surface area contributed by atoms with Crippen LogP contribution in [0.4, 0.5) is 0 Å². The van der Waals surface area contributed by atoms with Gasteiger partial charge in [-0.05, 0) is 44.9 Å². The van der Waals surface area contributed by atoms with Gasteiger partial charge in [0.25, 0.3) is 0 Å². The van der Waals surface area contributed by atoms with Gasteiger partial charge < -0.3 is 19.3 Å². The van der Waals surface area contributed by atoms with Crippen molar-refractivity contribution in [2.75, 3.05) is 13.2 Å². The number of phosphoric acid groups is 1. The lowest BCUT2D eigenvalue weighted by molar-refractivity contribution is -0.161. The normalized spacial score (nSPS) is 12.7. The van der Waals surface area contributed by atoms with Crippen molar-refractivity contribution in [1.29, 1.82) is 0 Å². The van der Waals surface area contributed by atoms with E-state index in [1.165, 1.54) is 135 Å². The van der Waals surface area contributed by atoms with Crippen molar-refractivity contribution in [3.8, 4) is 0 Å². The van der Waals surface area contributed by atoms with Gasteiger partial charge in [-0.3, -0.25) is 14.1 Å². The third-order valence-electron chi connectivity index (χ3n) is 10.4. The number of esters is 2. The van der Waals surface area contributed by atoms with E-state index in [1.54, 1.807) is 0 Å². The number of ether oxygens (including phenoxy) is 2. The van der Waals surface area contributed by atoms with Crippen molar-refractivity contribution in [2.45, 2.75) is 245 Å². The minimum atomic E-state index is -4.76. The first-order chi connectivity index (χ1) is 27.8. The average Bonchev–Trinajstić information content (AvgIpc) is 3.18. The Hall–Kier alpha value is -1.73. The molecule has 0 spiro atoms. The molecule has 0 aromatic carbocycles. The number of unbranched alkanes of at least 4 members (excludes halogenated alkanes) is 28. The van der Waals surface area contributed by atoms with Crippen molar-refractivity contribution in [2.24, 2.45) is 0 Å². The number of rotatable bonds is 44. The summed E-state index contributed by atoms with van der Waals surface area (Å²) in [6, 6.07) is 0. The third-order valence-corrected chi connectivity index (χ3v) is 10.9. The second-order valence-corrected chi connectivity index (χ2v) is 17.3. The number of hydrogen-bond donors (Lipinski definition) is 2. The Morgan fingerprint density at radius 2 is 0.842 bits per heavy atom. The lowest BCUT2D eigenvalue weighted by Crippen LogP contribution is -2.29. The number of allylic oxidation sites excluding steroid dienone is 6. The Morgan fingerprint density at radius 1 is 0.474 bits per heavy atom. The van der Waals surface area contributed by atoms with Gasteiger partial charge in [-0.1, -0.05) is 217 Å². The van der Waals surface area contributed by atoms with E-state index < -0.39 is 32.5 Å². The largest absolute Gasteiger partial charge is 0.469 e. The van der Waals surface area contributed by atoms with Crippen LogP contribution in [-0.4, -0.2) is 41.0 Å². The molecule has 0 aromatic rings. The fourth-order valence-electron chi connectivity index (χ4n) is 6.92. The maximum absolute atomic E-state index is 12.4. The summed E-state index contributed by atoms with van der Waals surface area (Å²) in [7, 11) is -4.76.